The van der Waals surface area contributed by atoms with Gasteiger partial charge in [0.25, 0.3) is 5.56 Å². The fourth-order valence-corrected chi connectivity index (χ4v) is 4.23. The normalized spacial score (nSPS) is 19.2. The lowest BCUT2D eigenvalue weighted by Crippen LogP contribution is -2.42. The fourth-order valence-electron chi connectivity index (χ4n) is 4.23. The zero-order valence-corrected chi connectivity index (χ0v) is 15.4. The number of amides is 1. The first-order valence-electron chi connectivity index (χ1n) is 9.87. The average Bonchev–Trinajstić information content (AvgIpc) is 2.74. The molecule has 1 saturated carbocycles. The zero-order chi connectivity index (χ0) is 18.6. The van der Waals surface area contributed by atoms with Gasteiger partial charge in [-0.3, -0.25) is 14.6 Å². The number of H-pyrrole nitrogens is 1. The van der Waals surface area contributed by atoms with Gasteiger partial charge in [0.2, 0.25) is 5.91 Å². The van der Waals surface area contributed by atoms with Crippen LogP contribution in [0.5, 0.6) is 0 Å². The quantitative estimate of drug-likeness (QED) is 0.900. The van der Waals surface area contributed by atoms with Crippen molar-refractivity contribution < 1.29 is 4.79 Å². The van der Waals surface area contributed by atoms with Gasteiger partial charge in [-0.2, -0.15) is 0 Å². The van der Waals surface area contributed by atoms with Crippen molar-refractivity contribution >= 4 is 5.91 Å². The van der Waals surface area contributed by atoms with Crippen LogP contribution < -0.4 is 5.56 Å². The molecule has 1 aliphatic carbocycles. The number of aromatic amines is 1. The number of hydrogen-bond acceptors (Lipinski definition) is 5. The minimum Gasteiger partial charge on any atom is -0.342 e. The van der Waals surface area contributed by atoms with Crippen molar-refractivity contribution in [2.24, 2.45) is 5.92 Å². The lowest BCUT2D eigenvalue weighted by molar-refractivity contribution is -0.137. The minimum absolute atomic E-state index is 0.179. The Kier molecular flexibility index (Phi) is 5.27. The summed E-state index contributed by atoms with van der Waals surface area (Å²) in [5.74, 6) is 1.19. The molecule has 1 N–H and O–H groups in total. The van der Waals surface area contributed by atoms with Crippen molar-refractivity contribution in [2.75, 3.05) is 13.1 Å². The molecule has 1 aliphatic heterocycles. The van der Waals surface area contributed by atoms with E-state index in [1.807, 2.05) is 4.90 Å². The predicted octanol–water partition coefficient (Wildman–Crippen LogP) is 2.51. The number of likely N-dealkylation sites (tertiary alicyclic amines) is 1. The van der Waals surface area contributed by atoms with Gasteiger partial charge in [0.1, 0.15) is 5.69 Å². The second kappa shape index (κ2) is 7.98. The van der Waals surface area contributed by atoms with Gasteiger partial charge >= 0.3 is 0 Å². The standard InChI is InChI=1S/C20H25N5O2/c26-18-12-16(23-19(24-18)17-13-21-8-9-22-17)14-6-10-25(11-7-14)20(27)15-4-2-1-3-5-15/h8-9,12-15H,1-7,10-11H2,(H,23,24,26). The van der Waals surface area contributed by atoms with Crippen molar-refractivity contribution in [3.63, 3.8) is 0 Å². The molecule has 0 atom stereocenters. The number of carbonyl (C=O) groups is 1. The van der Waals surface area contributed by atoms with Crippen LogP contribution in [0.25, 0.3) is 11.5 Å². The van der Waals surface area contributed by atoms with Gasteiger partial charge in [-0.1, -0.05) is 19.3 Å². The number of hydrogen-bond donors (Lipinski definition) is 1. The molecule has 1 amide bonds. The minimum atomic E-state index is -0.179. The Bertz CT molecular complexity index is 837. The summed E-state index contributed by atoms with van der Waals surface area (Å²) in [6.45, 7) is 1.49. The number of rotatable bonds is 3. The van der Waals surface area contributed by atoms with Crippen LogP contribution in [0.1, 0.15) is 56.6 Å². The van der Waals surface area contributed by atoms with E-state index >= 15 is 0 Å². The molecule has 1 saturated heterocycles. The molecular formula is C20H25N5O2. The van der Waals surface area contributed by atoms with Crippen molar-refractivity contribution in [1.82, 2.24) is 24.8 Å². The van der Waals surface area contributed by atoms with Crippen molar-refractivity contribution in [3.8, 4) is 11.5 Å². The first-order chi connectivity index (χ1) is 13.2. The smallest absolute Gasteiger partial charge is 0.251 e. The Morgan fingerprint density at radius 3 is 2.56 bits per heavy atom. The maximum Gasteiger partial charge on any atom is 0.251 e. The van der Waals surface area contributed by atoms with Crippen LogP contribution in [0.4, 0.5) is 0 Å². The maximum atomic E-state index is 12.7. The molecule has 0 spiro atoms. The van der Waals surface area contributed by atoms with Crippen molar-refractivity contribution in [1.29, 1.82) is 0 Å². The second-order valence-electron chi connectivity index (χ2n) is 7.54. The van der Waals surface area contributed by atoms with E-state index in [0.717, 1.165) is 44.5 Å². The average molecular weight is 367 g/mol. The summed E-state index contributed by atoms with van der Waals surface area (Å²) in [4.78, 5) is 42.5. The van der Waals surface area contributed by atoms with E-state index in [-0.39, 0.29) is 17.4 Å². The third-order valence-electron chi connectivity index (χ3n) is 5.75. The van der Waals surface area contributed by atoms with Crippen molar-refractivity contribution in [3.05, 3.63) is 40.7 Å². The Morgan fingerprint density at radius 1 is 1.07 bits per heavy atom. The Morgan fingerprint density at radius 2 is 1.85 bits per heavy atom. The second-order valence-corrected chi connectivity index (χ2v) is 7.54. The highest BCUT2D eigenvalue weighted by Gasteiger charge is 2.30. The highest BCUT2D eigenvalue weighted by Crippen LogP contribution is 2.30. The lowest BCUT2D eigenvalue weighted by atomic mass is 9.87. The number of nitrogens with one attached hydrogen (secondary N) is 1. The summed E-state index contributed by atoms with van der Waals surface area (Å²) in [7, 11) is 0. The number of aromatic nitrogens is 4. The molecule has 0 unspecified atom stereocenters. The largest absolute Gasteiger partial charge is 0.342 e. The molecule has 0 aromatic carbocycles. The summed E-state index contributed by atoms with van der Waals surface area (Å²) in [5.41, 5.74) is 1.16. The topological polar surface area (TPSA) is 91.8 Å². The number of piperidine rings is 1. The van der Waals surface area contributed by atoms with Gasteiger partial charge in [0.05, 0.1) is 11.9 Å². The van der Waals surface area contributed by atoms with E-state index in [1.54, 1.807) is 24.7 Å². The lowest BCUT2D eigenvalue weighted by Gasteiger charge is -2.35. The molecule has 7 heteroatoms. The van der Waals surface area contributed by atoms with E-state index in [4.69, 9.17) is 0 Å². The molecule has 142 valence electrons. The van der Waals surface area contributed by atoms with Crippen molar-refractivity contribution in [2.45, 2.75) is 50.9 Å². The molecule has 2 aromatic rings. The van der Waals surface area contributed by atoms with E-state index in [2.05, 4.69) is 19.9 Å². The first-order valence-corrected chi connectivity index (χ1v) is 9.87. The Hall–Kier alpha value is -2.57. The monoisotopic (exact) mass is 367 g/mol. The molecule has 2 aliphatic rings. The van der Waals surface area contributed by atoms with Gasteiger partial charge in [0.15, 0.2) is 5.82 Å². The molecule has 2 fully saturated rings. The van der Waals surface area contributed by atoms with E-state index in [9.17, 15) is 9.59 Å². The molecule has 2 aromatic heterocycles. The maximum absolute atomic E-state index is 12.7. The van der Waals surface area contributed by atoms with Gasteiger partial charge in [0, 0.05) is 43.4 Å². The summed E-state index contributed by atoms with van der Waals surface area (Å²) < 4.78 is 0. The Labute approximate surface area is 158 Å². The highest BCUT2D eigenvalue weighted by molar-refractivity contribution is 5.79. The van der Waals surface area contributed by atoms with Crippen LogP contribution in [0.15, 0.2) is 29.5 Å². The molecular weight excluding hydrogens is 342 g/mol. The number of carbonyl (C=O) groups excluding carboxylic acids is 1. The van der Waals surface area contributed by atoms with E-state index < -0.39 is 0 Å². The molecule has 0 radical (unpaired) electrons. The zero-order valence-electron chi connectivity index (χ0n) is 15.4. The molecule has 4 rings (SSSR count). The van der Waals surface area contributed by atoms with Gasteiger partial charge in [-0.25, -0.2) is 9.97 Å². The third kappa shape index (κ3) is 4.07. The van der Waals surface area contributed by atoms with E-state index in [1.165, 1.54) is 19.3 Å². The summed E-state index contributed by atoms with van der Waals surface area (Å²) in [6, 6.07) is 1.57. The van der Waals surface area contributed by atoms with Crippen LogP contribution >= 0.6 is 0 Å². The van der Waals surface area contributed by atoms with Crippen LogP contribution in [0.2, 0.25) is 0 Å². The van der Waals surface area contributed by atoms with Crippen LogP contribution in [-0.2, 0) is 4.79 Å². The third-order valence-corrected chi connectivity index (χ3v) is 5.75. The predicted molar refractivity (Wildman–Crippen MR) is 101 cm³/mol. The Balaban J connectivity index is 1.44. The van der Waals surface area contributed by atoms with Gasteiger partial charge in [-0.15, -0.1) is 0 Å². The summed E-state index contributed by atoms with van der Waals surface area (Å²) >= 11 is 0. The fraction of sp³-hybridized carbons (Fsp3) is 0.550. The number of nitrogens with zero attached hydrogens (tertiary/aromatic N) is 4. The first kappa shape index (κ1) is 17.8. The highest BCUT2D eigenvalue weighted by atomic mass is 16.2. The van der Waals surface area contributed by atoms with Crippen LogP contribution in [0.3, 0.4) is 0 Å². The SMILES string of the molecule is O=C(C1CCCCC1)N1CCC(c2cc(=O)[nH]c(-c3cnccn3)n2)CC1. The van der Waals surface area contributed by atoms with Gasteiger partial charge < -0.3 is 9.88 Å². The summed E-state index contributed by atoms with van der Waals surface area (Å²) in [6.07, 6.45) is 12.1. The molecule has 3 heterocycles. The van der Waals surface area contributed by atoms with Crippen LogP contribution in [-0.4, -0.2) is 43.8 Å². The molecule has 7 nitrogen and oxygen atoms in total. The summed E-state index contributed by atoms with van der Waals surface area (Å²) in [5, 5.41) is 0. The molecule has 27 heavy (non-hydrogen) atoms. The molecule has 0 bridgehead atoms. The van der Waals surface area contributed by atoms with Crippen LogP contribution in [0, 0.1) is 5.92 Å². The van der Waals surface area contributed by atoms with E-state index in [0.29, 0.717) is 17.4 Å². The van der Waals surface area contributed by atoms with Gasteiger partial charge in [-0.05, 0) is 25.7 Å².